The van der Waals surface area contributed by atoms with Crippen molar-refractivity contribution in [3.8, 4) is 0 Å². The minimum absolute atomic E-state index is 0.429. The number of hydrogen-bond acceptors (Lipinski definition) is 4. The van der Waals surface area contributed by atoms with E-state index in [1.165, 1.54) is 0 Å². The second-order valence-corrected chi connectivity index (χ2v) is 3.40. The number of aliphatic hydroxyl groups is 1. The normalized spacial score (nSPS) is 27.1. The van der Waals surface area contributed by atoms with Crippen LogP contribution >= 0.6 is 0 Å². The molecule has 1 aliphatic heterocycles. The predicted octanol–water partition coefficient (Wildman–Crippen LogP) is -1.27. The van der Waals surface area contributed by atoms with Crippen LogP contribution in [0.2, 0.25) is 0 Å². The van der Waals surface area contributed by atoms with Crippen LogP contribution in [0.1, 0.15) is 6.92 Å². The number of β-amino-alcohol motifs (C(OH)–C–C–N with tert-alkyl or cyclic N) is 1. The summed E-state index contributed by atoms with van der Waals surface area (Å²) in [6.45, 7) is 4.03. The van der Waals surface area contributed by atoms with Gasteiger partial charge in [0.15, 0.2) is 0 Å². The molecule has 5 nitrogen and oxygen atoms in total. The Labute approximate surface area is 77.3 Å². The van der Waals surface area contributed by atoms with Crippen molar-refractivity contribution in [2.45, 2.75) is 19.1 Å². The molecule has 13 heavy (non-hydrogen) atoms. The van der Waals surface area contributed by atoms with Crippen molar-refractivity contribution in [3.05, 3.63) is 0 Å². The zero-order valence-corrected chi connectivity index (χ0v) is 7.73. The highest BCUT2D eigenvalue weighted by molar-refractivity contribution is 5.73. The first-order chi connectivity index (χ1) is 6.11. The van der Waals surface area contributed by atoms with Gasteiger partial charge in [0.2, 0.25) is 0 Å². The smallest absolute Gasteiger partial charge is 0.322 e. The van der Waals surface area contributed by atoms with E-state index < -0.39 is 18.1 Å². The molecular formula is C8H16N2O3. The molecule has 0 aromatic carbocycles. The Morgan fingerprint density at radius 1 is 1.77 bits per heavy atom. The molecule has 1 aliphatic rings. The fourth-order valence-electron chi connectivity index (χ4n) is 1.55. The van der Waals surface area contributed by atoms with Crippen LogP contribution in [-0.4, -0.2) is 59.4 Å². The number of aliphatic hydroxyl groups excluding tert-OH is 1. The molecule has 1 unspecified atom stereocenters. The van der Waals surface area contributed by atoms with Crippen LogP contribution < -0.4 is 5.32 Å². The Balaban J connectivity index is 2.51. The van der Waals surface area contributed by atoms with Crippen molar-refractivity contribution in [1.82, 2.24) is 10.2 Å². The average Bonchev–Trinajstić information content (AvgIpc) is 2.03. The molecule has 1 heterocycles. The molecule has 0 aromatic rings. The van der Waals surface area contributed by atoms with Gasteiger partial charge in [0, 0.05) is 26.2 Å². The third-order valence-electron chi connectivity index (χ3n) is 2.14. The summed E-state index contributed by atoms with van der Waals surface area (Å²) < 4.78 is 0. The Bertz CT molecular complexity index is 184. The lowest BCUT2D eigenvalue weighted by Crippen LogP contribution is -2.56. The van der Waals surface area contributed by atoms with Gasteiger partial charge in [0.1, 0.15) is 6.04 Å². The molecule has 0 aliphatic carbocycles. The van der Waals surface area contributed by atoms with Crippen molar-refractivity contribution >= 4 is 5.97 Å². The third-order valence-corrected chi connectivity index (χ3v) is 2.14. The quantitative estimate of drug-likeness (QED) is 0.515. The molecule has 1 saturated heterocycles. The lowest BCUT2D eigenvalue weighted by Gasteiger charge is -2.33. The van der Waals surface area contributed by atoms with Crippen LogP contribution in [0.25, 0.3) is 0 Å². The van der Waals surface area contributed by atoms with Crippen LogP contribution in [0.3, 0.4) is 0 Å². The molecule has 1 fully saturated rings. The van der Waals surface area contributed by atoms with E-state index >= 15 is 0 Å². The minimum Gasteiger partial charge on any atom is -0.480 e. The average molecular weight is 188 g/mol. The fraction of sp³-hybridized carbons (Fsp3) is 0.875. The highest BCUT2D eigenvalue weighted by Gasteiger charge is 2.28. The number of rotatable bonds is 3. The molecule has 5 heteroatoms. The first-order valence-corrected chi connectivity index (χ1v) is 4.47. The zero-order chi connectivity index (χ0) is 9.84. The molecular weight excluding hydrogens is 172 g/mol. The Morgan fingerprint density at radius 3 is 3.00 bits per heavy atom. The molecule has 0 amide bonds. The SMILES string of the molecule is C[C@@H](O)CN1CCNCC1C(=O)O. The summed E-state index contributed by atoms with van der Waals surface area (Å²) in [5, 5.41) is 21.0. The molecule has 3 N–H and O–H groups in total. The molecule has 2 atom stereocenters. The lowest BCUT2D eigenvalue weighted by molar-refractivity contribution is -0.144. The van der Waals surface area contributed by atoms with Gasteiger partial charge >= 0.3 is 5.97 Å². The van der Waals surface area contributed by atoms with Crippen molar-refractivity contribution < 1.29 is 15.0 Å². The summed E-state index contributed by atoms with van der Waals surface area (Å²) in [6.07, 6.45) is -0.472. The van der Waals surface area contributed by atoms with Gasteiger partial charge in [-0.3, -0.25) is 9.69 Å². The molecule has 0 spiro atoms. The second kappa shape index (κ2) is 4.55. The van der Waals surface area contributed by atoms with E-state index in [2.05, 4.69) is 5.32 Å². The zero-order valence-electron chi connectivity index (χ0n) is 7.73. The maximum Gasteiger partial charge on any atom is 0.322 e. The number of piperazine rings is 1. The van der Waals surface area contributed by atoms with Crippen molar-refractivity contribution in [2.24, 2.45) is 0 Å². The number of carboxylic acid groups (broad SMARTS) is 1. The topological polar surface area (TPSA) is 72.8 Å². The van der Waals surface area contributed by atoms with Gasteiger partial charge in [-0.2, -0.15) is 0 Å². The standard InChI is InChI=1S/C8H16N2O3/c1-6(11)5-10-3-2-9-4-7(10)8(12)13/h6-7,9,11H,2-5H2,1H3,(H,12,13)/t6-,7?/m1/s1. The van der Waals surface area contributed by atoms with Gasteiger partial charge in [-0.15, -0.1) is 0 Å². The maximum absolute atomic E-state index is 10.8. The molecule has 76 valence electrons. The molecule has 0 saturated carbocycles. The van der Waals surface area contributed by atoms with E-state index in [1.807, 2.05) is 0 Å². The Hall–Kier alpha value is -0.650. The van der Waals surface area contributed by atoms with Gasteiger partial charge < -0.3 is 15.5 Å². The van der Waals surface area contributed by atoms with Gasteiger partial charge in [-0.25, -0.2) is 0 Å². The number of carbonyl (C=O) groups is 1. The third kappa shape index (κ3) is 2.95. The van der Waals surface area contributed by atoms with Crippen molar-refractivity contribution in [2.75, 3.05) is 26.2 Å². The number of nitrogens with zero attached hydrogens (tertiary/aromatic N) is 1. The summed E-state index contributed by atoms with van der Waals surface area (Å²) >= 11 is 0. The van der Waals surface area contributed by atoms with Gasteiger partial charge in [-0.05, 0) is 6.92 Å². The van der Waals surface area contributed by atoms with E-state index in [9.17, 15) is 4.79 Å². The van der Waals surface area contributed by atoms with E-state index in [4.69, 9.17) is 10.2 Å². The Kier molecular flexibility index (Phi) is 3.65. The van der Waals surface area contributed by atoms with E-state index in [0.29, 0.717) is 19.6 Å². The van der Waals surface area contributed by atoms with Crippen LogP contribution in [0, 0.1) is 0 Å². The number of nitrogens with one attached hydrogen (secondary N) is 1. The number of hydrogen-bond donors (Lipinski definition) is 3. The lowest BCUT2D eigenvalue weighted by atomic mass is 10.2. The molecule has 1 rings (SSSR count). The first kappa shape index (κ1) is 10.4. The first-order valence-electron chi connectivity index (χ1n) is 4.47. The van der Waals surface area contributed by atoms with Crippen molar-refractivity contribution in [3.63, 3.8) is 0 Å². The molecule has 0 bridgehead atoms. The summed E-state index contributed by atoms with van der Waals surface area (Å²) in [6, 6.07) is -0.497. The van der Waals surface area contributed by atoms with E-state index in [0.717, 1.165) is 6.54 Å². The van der Waals surface area contributed by atoms with Gasteiger partial charge in [-0.1, -0.05) is 0 Å². The highest BCUT2D eigenvalue weighted by Crippen LogP contribution is 2.04. The van der Waals surface area contributed by atoms with Gasteiger partial charge in [0.25, 0.3) is 0 Å². The predicted molar refractivity (Wildman–Crippen MR) is 47.5 cm³/mol. The van der Waals surface area contributed by atoms with E-state index in [-0.39, 0.29) is 0 Å². The molecule has 0 radical (unpaired) electrons. The largest absolute Gasteiger partial charge is 0.480 e. The number of carboxylic acids is 1. The minimum atomic E-state index is -0.826. The van der Waals surface area contributed by atoms with Gasteiger partial charge in [0.05, 0.1) is 6.10 Å². The van der Waals surface area contributed by atoms with Crippen molar-refractivity contribution in [1.29, 1.82) is 0 Å². The number of aliphatic carboxylic acids is 1. The monoisotopic (exact) mass is 188 g/mol. The Morgan fingerprint density at radius 2 is 2.46 bits per heavy atom. The van der Waals surface area contributed by atoms with Crippen LogP contribution in [0.15, 0.2) is 0 Å². The summed E-state index contributed by atoms with van der Waals surface area (Å²) in [4.78, 5) is 12.6. The summed E-state index contributed by atoms with van der Waals surface area (Å²) in [5.41, 5.74) is 0. The molecule has 0 aromatic heterocycles. The second-order valence-electron chi connectivity index (χ2n) is 3.40. The fourth-order valence-corrected chi connectivity index (χ4v) is 1.55. The van der Waals surface area contributed by atoms with Crippen LogP contribution in [0.5, 0.6) is 0 Å². The highest BCUT2D eigenvalue weighted by atomic mass is 16.4. The van der Waals surface area contributed by atoms with Crippen LogP contribution in [0.4, 0.5) is 0 Å². The maximum atomic E-state index is 10.8. The van der Waals surface area contributed by atoms with E-state index in [1.54, 1.807) is 11.8 Å². The summed E-state index contributed by atoms with van der Waals surface area (Å²) in [7, 11) is 0. The summed E-state index contributed by atoms with van der Waals surface area (Å²) in [5.74, 6) is -0.826. The van der Waals surface area contributed by atoms with Crippen LogP contribution in [-0.2, 0) is 4.79 Å².